The van der Waals surface area contributed by atoms with Gasteiger partial charge < -0.3 is 14.4 Å². The summed E-state index contributed by atoms with van der Waals surface area (Å²) in [6, 6.07) is 17.3. The molecule has 1 N–H and O–H groups in total. The number of piperidine rings is 1. The fraction of sp³-hybridized carbons (Fsp3) is 0.417. The molecule has 3 aliphatic rings. The summed E-state index contributed by atoms with van der Waals surface area (Å²) in [6.07, 6.45) is 7.41. The summed E-state index contributed by atoms with van der Waals surface area (Å²) in [5.41, 5.74) is 1.76. The van der Waals surface area contributed by atoms with Gasteiger partial charge >= 0.3 is 5.97 Å². The number of carboxylic acid groups (broad SMARTS) is 1. The zero-order valence-corrected chi connectivity index (χ0v) is 25.5. The van der Waals surface area contributed by atoms with Crippen LogP contribution in [0.3, 0.4) is 0 Å². The van der Waals surface area contributed by atoms with Gasteiger partial charge in [0.05, 0.1) is 33.7 Å². The average molecular weight is 631 g/mol. The van der Waals surface area contributed by atoms with Crippen LogP contribution >= 0.6 is 0 Å². The topological polar surface area (TPSA) is 80.5 Å². The van der Waals surface area contributed by atoms with Crippen molar-refractivity contribution in [3.8, 4) is 5.75 Å². The molecule has 7 rings (SSSR count). The molecule has 3 heterocycles. The van der Waals surface area contributed by atoms with E-state index in [1.54, 1.807) is 18.2 Å². The van der Waals surface area contributed by atoms with Crippen LogP contribution < -0.4 is 4.74 Å². The van der Waals surface area contributed by atoms with Gasteiger partial charge in [-0.05, 0) is 43.2 Å². The second-order valence-corrected chi connectivity index (χ2v) is 12.8. The van der Waals surface area contributed by atoms with Gasteiger partial charge in [-0.3, -0.25) is 9.69 Å². The Hall–Kier alpha value is -4.18. The highest BCUT2D eigenvalue weighted by atomic mass is 19.3. The lowest BCUT2D eigenvalue weighted by Gasteiger charge is -2.47. The Labute approximate surface area is 265 Å². The van der Waals surface area contributed by atoms with E-state index in [9.17, 15) is 18.7 Å². The van der Waals surface area contributed by atoms with Gasteiger partial charge in [0.2, 0.25) is 0 Å². The van der Waals surface area contributed by atoms with E-state index < -0.39 is 29.5 Å². The van der Waals surface area contributed by atoms with Crippen LogP contribution in [0.5, 0.6) is 5.75 Å². The molecule has 0 amide bonds. The van der Waals surface area contributed by atoms with Crippen molar-refractivity contribution in [1.82, 2.24) is 19.4 Å². The number of imidazole rings is 1. The van der Waals surface area contributed by atoms with E-state index in [0.717, 1.165) is 35.0 Å². The van der Waals surface area contributed by atoms with E-state index in [4.69, 9.17) is 14.7 Å². The first kappa shape index (κ1) is 30.5. The number of pyridine rings is 1. The van der Waals surface area contributed by atoms with E-state index >= 15 is 4.39 Å². The quantitative estimate of drug-likeness (QED) is 0.218. The Morgan fingerprint density at radius 3 is 2.59 bits per heavy atom. The normalized spacial score (nSPS) is 26.5. The van der Waals surface area contributed by atoms with Crippen molar-refractivity contribution in [3.05, 3.63) is 90.4 Å². The van der Waals surface area contributed by atoms with Gasteiger partial charge in [-0.1, -0.05) is 55.3 Å². The molecule has 7 nitrogen and oxygen atoms in total. The maximum atomic E-state index is 16.2. The predicted molar refractivity (Wildman–Crippen MR) is 170 cm³/mol. The monoisotopic (exact) mass is 630 g/mol. The number of hydrogen-bond donors (Lipinski definition) is 1. The number of nitrogens with zero attached hydrogens (tertiary/aromatic N) is 4. The zero-order valence-electron chi connectivity index (χ0n) is 25.5. The highest BCUT2D eigenvalue weighted by Gasteiger charge is 2.48. The molecular weight excluding hydrogens is 593 g/mol. The minimum Gasteiger partial charge on any atom is -0.487 e. The summed E-state index contributed by atoms with van der Waals surface area (Å²) in [5, 5.41) is 11.2. The Balaban J connectivity index is 1.26. The summed E-state index contributed by atoms with van der Waals surface area (Å²) < 4.78 is 52.7. The molecule has 1 saturated carbocycles. The number of hydrogen-bond acceptors (Lipinski definition) is 5. The Bertz CT molecular complexity index is 1810. The van der Waals surface area contributed by atoms with E-state index in [2.05, 4.69) is 0 Å². The molecule has 2 aliphatic carbocycles. The van der Waals surface area contributed by atoms with E-state index in [0.29, 0.717) is 29.9 Å². The van der Waals surface area contributed by atoms with Crippen molar-refractivity contribution < 1.29 is 27.8 Å². The maximum absolute atomic E-state index is 16.2. The molecular formula is C36H37F3N4O3. The third kappa shape index (κ3) is 5.79. The summed E-state index contributed by atoms with van der Waals surface area (Å²) in [4.78, 5) is 23.9. The molecule has 2 fully saturated rings. The maximum Gasteiger partial charge on any atom is 0.307 e. The molecule has 2 aromatic heterocycles. The minimum absolute atomic E-state index is 0.0511. The van der Waals surface area contributed by atoms with E-state index in [1.807, 2.05) is 64.1 Å². The summed E-state index contributed by atoms with van der Waals surface area (Å²) in [6.45, 7) is 0.457. The summed E-state index contributed by atoms with van der Waals surface area (Å²) in [5.74, 6) is -3.46. The Morgan fingerprint density at radius 1 is 0.978 bits per heavy atom. The van der Waals surface area contributed by atoms with E-state index in [1.165, 1.54) is 6.08 Å². The van der Waals surface area contributed by atoms with Gasteiger partial charge in [-0.25, -0.2) is 23.1 Å². The number of para-hydroxylation sites is 1. The van der Waals surface area contributed by atoms with Crippen molar-refractivity contribution in [3.63, 3.8) is 0 Å². The van der Waals surface area contributed by atoms with Crippen LogP contribution in [0.4, 0.5) is 13.2 Å². The van der Waals surface area contributed by atoms with Crippen LogP contribution in [0.25, 0.3) is 21.9 Å². The molecule has 10 heteroatoms. The van der Waals surface area contributed by atoms with Crippen LogP contribution in [0.2, 0.25) is 0 Å². The Kier molecular flexibility index (Phi) is 8.09. The van der Waals surface area contributed by atoms with Crippen molar-refractivity contribution in [2.45, 2.75) is 75.2 Å². The van der Waals surface area contributed by atoms with Crippen molar-refractivity contribution in [1.29, 1.82) is 0 Å². The van der Waals surface area contributed by atoms with Gasteiger partial charge in [0.1, 0.15) is 24.4 Å². The van der Waals surface area contributed by atoms with Crippen molar-refractivity contribution in [2.75, 3.05) is 13.1 Å². The van der Waals surface area contributed by atoms with Gasteiger partial charge in [0.15, 0.2) is 0 Å². The number of aliphatic carboxylic acids is 1. The lowest BCUT2D eigenvalue weighted by molar-refractivity contribution is -0.143. The van der Waals surface area contributed by atoms with Crippen LogP contribution in [0.1, 0.15) is 56.0 Å². The van der Waals surface area contributed by atoms with Crippen molar-refractivity contribution >= 4 is 27.9 Å². The summed E-state index contributed by atoms with van der Waals surface area (Å²) in [7, 11) is 0. The molecule has 46 heavy (non-hydrogen) atoms. The number of allylic oxidation sites excluding steroid dienone is 2. The number of fused-ring (bicyclic) bond motifs is 2. The molecule has 1 saturated heterocycles. The van der Waals surface area contributed by atoms with Crippen LogP contribution in [-0.2, 0) is 17.9 Å². The van der Waals surface area contributed by atoms with Gasteiger partial charge in [0.25, 0.3) is 5.92 Å². The first-order chi connectivity index (χ1) is 22.2. The summed E-state index contributed by atoms with van der Waals surface area (Å²) >= 11 is 0. The standard InChI is InChI=1S/C36H37F3N4O3/c37-32-11-5-6-16-35(32,42-19-17-36(38,39)18-20-42)23-43-31-15-14-26(46-22-25-13-12-24-7-1-4-10-29(24)40-25)21-30(31)41-33(43)27-8-2-3-9-28(27)34(44)45/h1,4-7,10-16,21,27-28,32H,2-3,8-9,17-20,22-23H2,(H,44,45)/t27-,28+,32?,35?/m1/s1. The lowest BCUT2D eigenvalue weighted by Crippen LogP contribution is -2.60. The fourth-order valence-corrected chi connectivity index (χ4v) is 7.41. The fourth-order valence-electron chi connectivity index (χ4n) is 7.41. The number of aromatic nitrogens is 3. The molecule has 4 aromatic rings. The second-order valence-electron chi connectivity index (χ2n) is 12.8. The van der Waals surface area contributed by atoms with Crippen LogP contribution in [0.15, 0.2) is 78.9 Å². The largest absolute Gasteiger partial charge is 0.487 e. The smallest absolute Gasteiger partial charge is 0.307 e. The molecule has 0 bridgehead atoms. The first-order valence-electron chi connectivity index (χ1n) is 16.1. The second kappa shape index (κ2) is 12.2. The Morgan fingerprint density at radius 2 is 1.78 bits per heavy atom. The number of ether oxygens (including phenoxy) is 1. The zero-order chi connectivity index (χ0) is 31.9. The lowest BCUT2D eigenvalue weighted by atomic mass is 9.78. The third-order valence-corrected chi connectivity index (χ3v) is 9.96. The highest BCUT2D eigenvalue weighted by molar-refractivity contribution is 5.79. The molecule has 1 aliphatic heterocycles. The van der Waals surface area contributed by atoms with Gasteiger partial charge in [-0.2, -0.15) is 0 Å². The van der Waals surface area contributed by atoms with Crippen LogP contribution in [-0.4, -0.2) is 61.2 Å². The number of carbonyl (C=O) groups is 1. The third-order valence-electron chi connectivity index (χ3n) is 9.96. The van der Waals surface area contributed by atoms with Gasteiger partial charge in [-0.15, -0.1) is 0 Å². The molecule has 2 unspecified atom stereocenters. The SMILES string of the molecule is O=C(O)[C@H]1CCCC[C@H]1c1nc2cc(OCc3ccc4ccccc4n3)ccc2n1CC1(N2CCC(F)(F)CC2)C=CC=CC1F. The molecule has 240 valence electrons. The highest BCUT2D eigenvalue weighted by Crippen LogP contribution is 2.42. The number of halogens is 3. The number of alkyl halides is 3. The van der Waals surface area contributed by atoms with Crippen LogP contribution in [0, 0.1) is 5.92 Å². The molecule has 2 aromatic carbocycles. The first-order valence-corrected chi connectivity index (χ1v) is 16.1. The minimum atomic E-state index is -2.78. The number of carboxylic acids is 1. The van der Waals surface area contributed by atoms with Crippen molar-refractivity contribution in [2.24, 2.45) is 5.92 Å². The number of rotatable bonds is 8. The molecule has 4 atom stereocenters. The number of benzene rings is 2. The number of likely N-dealkylation sites (tertiary alicyclic amines) is 1. The predicted octanol–water partition coefficient (Wildman–Crippen LogP) is 7.46. The average Bonchev–Trinajstić information content (AvgIpc) is 3.41. The van der Waals surface area contributed by atoms with E-state index in [-0.39, 0.29) is 45.0 Å². The molecule has 0 spiro atoms. The molecule has 0 radical (unpaired) electrons. The van der Waals surface area contributed by atoms with Gasteiger partial charge in [0, 0.05) is 49.8 Å².